The van der Waals surface area contributed by atoms with Gasteiger partial charge in [-0.25, -0.2) is 0 Å². The Morgan fingerprint density at radius 2 is 0.883 bits per heavy atom. The predicted octanol–water partition coefficient (Wildman–Crippen LogP) is 13.1. The Morgan fingerprint density at radius 3 is 1.32 bits per heavy atom. The number of unbranched alkanes of at least 4 members (excludes halogenated alkanes) is 28. The summed E-state index contributed by atoms with van der Waals surface area (Å²) in [6.07, 6.45) is 49.1. The van der Waals surface area contributed by atoms with Crippen LogP contribution in [0.25, 0.3) is 0 Å². The molecule has 0 amide bonds. The number of carbonyl (C=O) groups excluding carboxylic acids is 3. The van der Waals surface area contributed by atoms with Crippen molar-refractivity contribution in [3.05, 3.63) is 24.3 Å². The van der Waals surface area contributed by atoms with E-state index in [0.717, 1.165) is 51.4 Å². The van der Waals surface area contributed by atoms with Crippen molar-refractivity contribution in [2.45, 2.75) is 251 Å². The summed E-state index contributed by atoms with van der Waals surface area (Å²) in [7, 11) is 5.42. The Labute approximate surface area is 371 Å². The first-order chi connectivity index (χ1) is 29.1. The Hall–Kier alpha value is -2.19. The lowest BCUT2D eigenvalue weighted by atomic mass is 10.0. The number of carbonyl (C=O) groups is 3. The summed E-state index contributed by atoms with van der Waals surface area (Å²) < 4.78 is 17.2. The van der Waals surface area contributed by atoms with E-state index < -0.39 is 18.1 Å². The molecule has 0 heterocycles. The fraction of sp³-hybridized carbons (Fsp3) is 0.865. The quantitative estimate of drug-likeness (QED) is 0.0260. The second-order valence-electron chi connectivity index (χ2n) is 18.4. The van der Waals surface area contributed by atoms with E-state index in [9.17, 15) is 19.5 Å². The normalized spacial score (nSPS) is 13.0. The van der Waals surface area contributed by atoms with Crippen LogP contribution in [0, 0.1) is 0 Å². The smallest absolute Gasteiger partial charge is 0.306 e. The molecule has 2 atom stereocenters. The number of likely N-dealkylation sites (N-methyl/N-ethyl adjacent to an activating group) is 1. The summed E-state index contributed by atoms with van der Waals surface area (Å²) in [4.78, 5) is 37.0. The first-order valence-electron chi connectivity index (χ1n) is 25.4. The zero-order valence-electron chi connectivity index (χ0n) is 40.1. The van der Waals surface area contributed by atoms with Gasteiger partial charge in [-0.2, -0.15) is 0 Å². The lowest BCUT2D eigenvalue weighted by molar-refractivity contribution is -0.889. The SMILES string of the molecule is CCCCC/C=C\C/C=C\CCCCCCCCCC(=O)OC(COCCC(C(=O)[O-])[N+](C)(C)C)COC(=O)CCCCCCCCCCCCCCCCCCCCC. The van der Waals surface area contributed by atoms with Crippen molar-refractivity contribution < 1.29 is 38.2 Å². The maximum Gasteiger partial charge on any atom is 0.306 e. The van der Waals surface area contributed by atoms with Gasteiger partial charge in [0, 0.05) is 19.3 Å². The van der Waals surface area contributed by atoms with Crippen molar-refractivity contribution in [3.63, 3.8) is 0 Å². The van der Waals surface area contributed by atoms with Gasteiger partial charge in [-0.1, -0.05) is 199 Å². The molecule has 0 rings (SSSR count). The number of rotatable bonds is 46. The van der Waals surface area contributed by atoms with Gasteiger partial charge in [0.1, 0.15) is 12.6 Å². The predicted molar refractivity (Wildman–Crippen MR) is 250 cm³/mol. The van der Waals surface area contributed by atoms with Crippen LogP contribution < -0.4 is 5.11 Å². The summed E-state index contributed by atoms with van der Waals surface area (Å²) in [5.74, 6) is -1.73. The van der Waals surface area contributed by atoms with Crippen molar-refractivity contribution in [1.29, 1.82) is 0 Å². The van der Waals surface area contributed by atoms with Crippen LogP contribution in [0.1, 0.15) is 239 Å². The first-order valence-corrected chi connectivity index (χ1v) is 25.4. The number of hydrogen-bond acceptors (Lipinski definition) is 7. The molecule has 0 spiro atoms. The molecule has 8 nitrogen and oxygen atoms in total. The topological polar surface area (TPSA) is 102 Å². The van der Waals surface area contributed by atoms with Crippen LogP contribution in [0.3, 0.4) is 0 Å². The highest BCUT2D eigenvalue weighted by atomic mass is 16.6. The van der Waals surface area contributed by atoms with Crippen LogP contribution in [0.5, 0.6) is 0 Å². The fourth-order valence-corrected chi connectivity index (χ4v) is 7.63. The summed E-state index contributed by atoms with van der Waals surface area (Å²) in [6.45, 7) is 4.67. The third-order valence-corrected chi connectivity index (χ3v) is 11.6. The minimum Gasteiger partial charge on any atom is -0.544 e. The van der Waals surface area contributed by atoms with Crippen molar-refractivity contribution in [3.8, 4) is 0 Å². The van der Waals surface area contributed by atoms with E-state index in [1.165, 1.54) is 154 Å². The number of nitrogens with zero attached hydrogens (tertiary/aromatic N) is 1. The molecule has 8 heteroatoms. The minimum absolute atomic E-state index is 0.0418. The maximum absolute atomic E-state index is 12.8. The summed E-state index contributed by atoms with van der Waals surface area (Å²) in [5.41, 5.74) is 0. The molecule has 0 aliphatic carbocycles. The fourth-order valence-electron chi connectivity index (χ4n) is 7.63. The Balaban J connectivity index is 4.23. The molecule has 0 bridgehead atoms. The van der Waals surface area contributed by atoms with Gasteiger partial charge in [0.15, 0.2) is 6.10 Å². The standard InChI is InChI=1S/C52H97NO7/c1-6-8-10-12-14-16-18-20-22-24-25-27-28-30-32-34-36-38-40-42-50(54)59-47-48(46-58-45-44-49(52(56)57)53(3,4)5)60-51(55)43-41-39-37-35-33-31-29-26-23-21-19-17-15-13-11-9-7-2/h15,17,21,23,48-49H,6-14,16,18-20,22,24-47H2,1-5H3/b17-15-,23-21-. The van der Waals surface area contributed by atoms with Crippen LogP contribution in [0.15, 0.2) is 24.3 Å². The van der Waals surface area contributed by atoms with Gasteiger partial charge in [0.05, 0.1) is 40.3 Å². The Bertz CT molecular complexity index is 1040. The highest BCUT2D eigenvalue weighted by Gasteiger charge is 2.25. The van der Waals surface area contributed by atoms with Crippen LogP contribution in [-0.4, -0.2) is 75.5 Å². The van der Waals surface area contributed by atoms with E-state index in [2.05, 4.69) is 38.2 Å². The van der Waals surface area contributed by atoms with Crippen LogP contribution in [-0.2, 0) is 28.6 Å². The average molecular weight is 848 g/mol. The molecule has 0 aliphatic rings. The highest BCUT2D eigenvalue weighted by molar-refractivity contribution is 5.70. The van der Waals surface area contributed by atoms with E-state index >= 15 is 0 Å². The van der Waals surface area contributed by atoms with Crippen LogP contribution >= 0.6 is 0 Å². The Kier molecular flexibility index (Phi) is 41.9. The average Bonchev–Trinajstić information content (AvgIpc) is 3.21. The van der Waals surface area contributed by atoms with Gasteiger partial charge in [0.25, 0.3) is 0 Å². The maximum atomic E-state index is 12.8. The zero-order chi connectivity index (χ0) is 44.2. The summed E-state index contributed by atoms with van der Waals surface area (Å²) >= 11 is 0. The summed E-state index contributed by atoms with van der Waals surface area (Å²) in [6, 6.07) is -0.725. The second kappa shape index (κ2) is 43.5. The number of hydrogen-bond donors (Lipinski definition) is 0. The molecule has 0 aromatic heterocycles. The number of aliphatic carboxylic acids is 1. The monoisotopic (exact) mass is 848 g/mol. The van der Waals surface area contributed by atoms with Crippen molar-refractivity contribution in [2.75, 3.05) is 41.0 Å². The largest absolute Gasteiger partial charge is 0.544 e. The number of esters is 2. The van der Waals surface area contributed by atoms with Crippen molar-refractivity contribution in [1.82, 2.24) is 0 Å². The van der Waals surface area contributed by atoms with E-state index in [1.54, 1.807) is 21.1 Å². The van der Waals surface area contributed by atoms with Gasteiger partial charge in [-0.05, 0) is 44.9 Å². The molecule has 0 radical (unpaired) electrons. The Morgan fingerprint density at radius 1 is 0.500 bits per heavy atom. The molecule has 0 aromatic rings. The zero-order valence-corrected chi connectivity index (χ0v) is 40.1. The van der Waals surface area contributed by atoms with Gasteiger partial charge >= 0.3 is 11.9 Å². The molecular formula is C52H97NO7. The molecule has 0 saturated heterocycles. The molecule has 0 N–H and O–H groups in total. The minimum atomic E-state index is -1.12. The van der Waals surface area contributed by atoms with Gasteiger partial charge < -0.3 is 28.6 Å². The van der Waals surface area contributed by atoms with E-state index in [1.807, 2.05) is 0 Å². The van der Waals surface area contributed by atoms with Gasteiger partial charge in [-0.3, -0.25) is 9.59 Å². The van der Waals surface area contributed by atoms with E-state index in [-0.39, 0.29) is 42.7 Å². The number of quaternary nitrogens is 1. The molecular weight excluding hydrogens is 751 g/mol. The van der Waals surface area contributed by atoms with Crippen molar-refractivity contribution in [2.24, 2.45) is 0 Å². The molecule has 0 saturated carbocycles. The number of allylic oxidation sites excluding steroid dienone is 4. The molecule has 0 fully saturated rings. The number of carboxylic acids is 1. The van der Waals surface area contributed by atoms with Crippen molar-refractivity contribution >= 4 is 17.9 Å². The lowest BCUT2D eigenvalue weighted by Crippen LogP contribution is -2.55. The van der Waals surface area contributed by atoms with Gasteiger partial charge in [-0.15, -0.1) is 0 Å². The molecule has 60 heavy (non-hydrogen) atoms. The van der Waals surface area contributed by atoms with E-state index in [0.29, 0.717) is 12.8 Å². The summed E-state index contributed by atoms with van der Waals surface area (Å²) in [5, 5.41) is 11.7. The number of carboxylic acid groups (broad SMARTS) is 1. The molecule has 0 aliphatic heterocycles. The van der Waals surface area contributed by atoms with E-state index in [4.69, 9.17) is 14.2 Å². The molecule has 2 unspecified atom stereocenters. The van der Waals surface area contributed by atoms with Crippen LogP contribution in [0.4, 0.5) is 0 Å². The van der Waals surface area contributed by atoms with Gasteiger partial charge in [0.2, 0.25) is 0 Å². The first kappa shape index (κ1) is 57.8. The third kappa shape index (κ3) is 41.2. The lowest BCUT2D eigenvalue weighted by Gasteiger charge is -2.34. The second-order valence-corrected chi connectivity index (χ2v) is 18.4. The highest BCUT2D eigenvalue weighted by Crippen LogP contribution is 2.16. The molecule has 0 aromatic carbocycles. The molecule has 352 valence electrons. The number of ether oxygens (including phenoxy) is 3. The van der Waals surface area contributed by atoms with Crippen LogP contribution in [0.2, 0.25) is 0 Å². The third-order valence-electron chi connectivity index (χ3n) is 11.6.